The molecular formula is C14H15F2N3O. The molecule has 106 valence electrons. The lowest BCUT2D eigenvalue weighted by molar-refractivity contribution is 0.401. The molecule has 1 aromatic carbocycles. The van der Waals surface area contributed by atoms with E-state index in [1.165, 1.54) is 19.2 Å². The molecule has 0 saturated heterocycles. The lowest BCUT2D eigenvalue weighted by Gasteiger charge is -2.09. The average Bonchev–Trinajstić information content (AvgIpc) is 2.39. The van der Waals surface area contributed by atoms with Crippen LogP contribution < -0.4 is 15.8 Å². The van der Waals surface area contributed by atoms with Crippen LogP contribution in [0.25, 0.3) is 0 Å². The molecular weight excluding hydrogens is 264 g/mol. The lowest BCUT2D eigenvalue weighted by atomic mass is 10.1. The minimum absolute atomic E-state index is 0.340. The van der Waals surface area contributed by atoms with Crippen LogP contribution in [-0.2, 0) is 6.42 Å². The summed E-state index contributed by atoms with van der Waals surface area (Å²) in [5.41, 5.74) is 6.68. The molecule has 2 aromatic rings. The topological polar surface area (TPSA) is 60.2 Å². The number of pyridine rings is 1. The third kappa shape index (κ3) is 3.57. The number of hydrogen-bond donors (Lipinski definition) is 2. The van der Waals surface area contributed by atoms with Crippen LogP contribution in [-0.4, -0.2) is 18.6 Å². The highest BCUT2D eigenvalue weighted by molar-refractivity contribution is 5.53. The Balaban J connectivity index is 1.95. The standard InChI is InChI=1S/C14H15F2N3O/c1-20-14-12(17)2-3-13(19-14)18-5-4-9-6-10(15)8-11(16)7-9/h2-3,6-8H,4-5,17H2,1H3,(H,18,19). The van der Waals surface area contributed by atoms with Gasteiger partial charge in [-0.05, 0) is 36.2 Å². The Labute approximate surface area is 115 Å². The number of rotatable bonds is 5. The number of nitrogens with zero attached hydrogens (tertiary/aromatic N) is 1. The highest BCUT2D eigenvalue weighted by Gasteiger charge is 2.04. The Hall–Kier alpha value is -2.37. The van der Waals surface area contributed by atoms with Crippen molar-refractivity contribution in [2.45, 2.75) is 6.42 Å². The fraction of sp³-hybridized carbons (Fsp3) is 0.214. The van der Waals surface area contributed by atoms with E-state index in [-0.39, 0.29) is 0 Å². The fourth-order valence-corrected chi connectivity index (χ4v) is 1.80. The van der Waals surface area contributed by atoms with Crippen molar-refractivity contribution >= 4 is 11.5 Å². The minimum Gasteiger partial charge on any atom is -0.479 e. The number of ether oxygens (including phenoxy) is 1. The van der Waals surface area contributed by atoms with Crippen LogP contribution in [0.5, 0.6) is 5.88 Å². The van der Waals surface area contributed by atoms with Gasteiger partial charge in [-0.2, -0.15) is 4.98 Å². The Morgan fingerprint density at radius 3 is 2.55 bits per heavy atom. The molecule has 0 unspecified atom stereocenters. The summed E-state index contributed by atoms with van der Waals surface area (Å²) < 4.78 is 31.0. The predicted octanol–water partition coefficient (Wildman–Crippen LogP) is 2.61. The van der Waals surface area contributed by atoms with Crippen LogP contribution in [0.15, 0.2) is 30.3 Å². The van der Waals surface area contributed by atoms with Crippen molar-refractivity contribution in [1.82, 2.24) is 4.98 Å². The number of aromatic nitrogens is 1. The molecule has 0 aliphatic rings. The Bertz CT molecular complexity index is 585. The summed E-state index contributed by atoms with van der Waals surface area (Å²) >= 11 is 0. The van der Waals surface area contributed by atoms with Crippen LogP contribution in [0.1, 0.15) is 5.56 Å². The van der Waals surface area contributed by atoms with E-state index in [2.05, 4.69) is 10.3 Å². The monoisotopic (exact) mass is 279 g/mol. The van der Waals surface area contributed by atoms with E-state index < -0.39 is 11.6 Å². The molecule has 0 saturated carbocycles. The van der Waals surface area contributed by atoms with Crippen molar-refractivity contribution in [2.75, 3.05) is 24.7 Å². The van der Waals surface area contributed by atoms with Crippen molar-refractivity contribution in [3.8, 4) is 5.88 Å². The second-order valence-corrected chi connectivity index (χ2v) is 4.25. The molecule has 0 atom stereocenters. The molecule has 4 nitrogen and oxygen atoms in total. The number of anilines is 2. The summed E-state index contributed by atoms with van der Waals surface area (Å²) in [5, 5.41) is 3.04. The maximum atomic E-state index is 13.0. The number of nitrogens with two attached hydrogens (primary N) is 1. The fourth-order valence-electron chi connectivity index (χ4n) is 1.80. The molecule has 3 N–H and O–H groups in total. The molecule has 0 bridgehead atoms. The number of benzene rings is 1. The van der Waals surface area contributed by atoms with Gasteiger partial charge in [0.25, 0.3) is 0 Å². The molecule has 1 heterocycles. The van der Waals surface area contributed by atoms with Gasteiger partial charge in [0.1, 0.15) is 17.5 Å². The molecule has 0 amide bonds. The molecule has 0 aliphatic heterocycles. The van der Waals surface area contributed by atoms with Crippen LogP contribution >= 0.6 is 0 Å². The largest absolute Gasteiger partial charge is 0.479 e. The highest BCUT2D eigenvalue weighted by Crippen LogP contribution is 2.20. The summed E-state index contributed by atoms with van der Waals surface area (Å²) in [4.78, 5) is 4.15. The van der Waals surface area contributed by atoms with E-state index in [9.17, 15) is 8.78 Å². The van der Waals surface area contributed by atoms with Gasteiger partial charge in [0, 0.05) is 12.6 Å². The zero-order chi connectivity index (χ0) is 14.5. The molecule has 2 rings (SSSR count). The third-order valence-corrected chi connectivity index (χ3v) is 2.73. The van der Waals surface area contributed by atoms with Crippen LogP contribution in [0, 0.1) is 11.6 Å². The van der Waals surface area contributed by atoms with E-state index in [1.54, 1.807) is 12.1 Å². The van der Waals surface area contributed by atoms with E-state index >= 15 is 0 Å². The van der Waals surface area contributed by atoms with Gasteiger partial charge in [-0.25, -0.2) is 8.78 Å². The Morgan fingerprint density at radius 2 is 1.90 bits per heavy atom. The van der Waals surface area contributed by atoms with Crippen LogP contribution in [0.4, 0.5) is 20.3 Å². The molecule has 0 fully saturated rings. The first-order chi connectivity index (χ1) is 9.58. The molecule has 0 spiro atoms. The van der Waals surface area contributed by atoms with Crippen LogP contribution in [0.2, 0.25) is 0 Å². The third-order valence-electron chi connectivity index (χ3n) is 2.73. The minimum atomic E-state index is -0.577. The smallest absolute Gasteiger partial charge is 0.238 e. The lowest BCUT2D eigenvalue weighted by Crippen LogP contribution is -2.07. The molecule has 0 aliphatic carbocycles. The average molecular weight is 279 g/mol. The van der Waals surface area contributed by atoms with Crippen molar-refractivity contribution in [1.29, 1.82) is 0 Å². The van der Waals surface area contributed by atoms with E-state index in [1.807, 2.05) is 0 Å². The van der Waals surface area contributed by atoms with Crippen LogP contribution in [0.3, 0.4) is 0 Å². The van der Waals surface area contributed by atoms with E-state index in [4.69, 9.17) is 10.5 Å². The van der Waals surface area contributed by atoms with Gasteiger partial charge in [-0.3, -0.25) is 0 Å². The van der Waals surface area contributed by atoms with Gasteiger partial charge in [-0.1, -0.05) is 0 Å². The first kappa shape index (κ1) is 14.0. The second-order valence-electron chi connectivity index (χ2n) is 4.25. The number of nitrogens with one attached hydrogen (secondary N) is 1. The zero-order valence-corrected chi connectivity index (χ0v) is 11.0. The number of halogens is 2. The quantitative estimate of drug-likeness (QED) is 0.883. The molecule has 1 aromatic heterocycles. The summed E-state index contributed by atoms with van der Waals surface area (Å²) in [5.74, 6) is -0.223. The predicted molar refractivity (Wildman–Crippen MR) is 73.8 cm³/mol. The van der Waals surface area contributed by atoms with E-state index in [0.717, 1.165) is 6.07 Å². The maximum Gasteiger partial charge on any atom is 0.238 e. The molecule has 20 heavy (non-hydrogen) atoms. The summed E-state index contributed by atoms with van der Waals surface area (Å²) in [6, 6.07) is 6.85. The Morgan fingerprint density at radius 1 is 1.20 bits per heavy atom. The Kier molecular flexibility index (Phi) is 4.34. The van der Waals surface area contributed by atoms with Gasteiger partial charge in [0.15, 0.2) is 0 Å². The zero-order valence-electron chi connectivity index (χ0n) is 11.0. The van der Waals surface area contributed by atoms with Gasteiger partial charge in [0.2, 0.25) is 5.88 Å². The van der Waals surface area contributed by atoms with Crippen molar-refractivity contribution in [3.05, 3.63) is 47.5 Å². The molecule has 6 heteroatoms. The summed E-state index contributed by atoms with van der Waals surface area (Å²) in [6.07, 6.45) is 0.475. The van der Waals surface area contributed by atoms with Gasteiger partial charge < -0.3 is 15.8 Å². The van der Waals surface area contributed by atoms with Gasteiger partial charge in [0.05, 0.1) is 12.8 Å². The van der Waals surface area contributed by atoms with E-state index in [0.29, 0.717) is 35.9 Å². The number of nitrogen functional groups attached to an aromatic ring is 1. The van der Waals surface area contributed by atoms with Gasteiger partial charge >= 0.3 is 0 Å². The number of hydrogen-bond acceptors (Lipinski definition) is 4. The second kappa shape index (κ2) is 6.18. The van der Waals surface area contributed by atoms with Crippen molar-refractivity contribution in [2.24, 2.45) is 0 Å². The first-order valence-electron chi connectivity index (χ1n) is 6.08. The summed E-state index contributed by atoms with van der Waals surface area (Å²) in [6.45, 7) is 0.489. The van der Waals surface area contributed by atoms with Crippen molar-refractivity contribution in [3.63, 3.8) is 0 Å². The normalized spacial score (nSPS) is 10.3. The SMILES string of the molecule is COc1nc(NCCc2cc(F)cc(F)c2)ccc1N. The van der Waals surface area contributed by atoms with Gasteiger partial charge in [-0.15, -0.1) is 0 Å². The maximum absolute atomic E-state index is 13.0. The highest BCUT2D eigenvalue weighted by atomic mass is 19.1. The number of methoxy groups -OCH3 is 1. The molecule has 0 radical (unpaired) electrons. The first-order valence-corrected chi connectivity index (χ1v) is 6.08. The van der Waals surface area contributed by atoms with Crippen molar-refractivity contribution < 1.29 is 13.5 Å². The summed E-state index contributed by atoms with van der Waals surface area (Å²) in [7, 11) is 1.48.